The molecule has 0 aliphatic heterocycles. The Bertz CT molecular complexity index is 299. The number of hydrogen-bond acceptors (Lipinski definition) is 2. The Morgan fingerprint density at radius 3 is 2.65 bits per heavy atom. The van der Waals surface area contributed by atoms with Gasteiger partial charge in [-0.2, -0.15) is 0 Å². The molecule has 0 aromatic heterocycles. The summed E-state index contributed by atoms with van der Waals surface area (Å²) >= 11 is 0. The van der Waals surface area contributed by atoms with Crippen molar-refractivity contribution in [2.75, 3.05) is 19.7 Å². The van der Waals surface area contributed by atoms with Crippen molar-refractivity contribution in [3.63, 3.8) is 0 Å². The fourth-order valence-electron chi connectivity index (χ4n) is 1.87. The van der Waals surface area contributed by atoms with Gasteiger partial charge in [-0.15, -0.1) is 0 Å². The lowest BCUT2D eigenvalue weighted by Crippen LogP contribution is -2.15. The lowest BCUT2D eigenvalue weighted by Gasteiger charge is -2.09. The highest BCUT2D eigenvalue weighted by Crippen LogP contribution is 2.19. The molecule has 0 aliphatic carbocycles. The topological polar surface area (TPSA) is 21.3 Å². The lowest BCUT2D eigenvalue weighted by atomic mass is 10.1. The van der Waals surface area contributed by atoms with Crippen molar-refractivity contribution in [1.29, 1.82) is 0 Å². The fourth-order valence-corrected chi connectivity index (χ4v) is 1.87. The number of hydrogen-bond donors (Lipinski definition) is 1. The Labute approximate surface area is 105 Å². The van der Waals surface area contributed by atoms with Crippen LogP contribution >= 0.6 is 0 Å². The van der Waals surface area contributed by atoms with Gasteiger partial charge < -0.3 is 10.1 Å². The fraction of sp³-hybridized carbons (Fsp3) is 0.600. The Hall–Kier alpha value is -1.02. The van der Waals surface area contributed by atoms with Gasteiger partial charge >= 0.3 is 0 Å². The van der Waals surface area contributed by atoms with Crippen molar-refractivity contribution in [2.45, 2.75) is 39.5 Å². The van der Waals surface area contributed by atoms with Crippen LogP contribution in [0.15, 0.2) is 24.3 Å². The number of benzene rings is 1. The van der Waals surface area contributed by atoms with Gasteiger partial charge in [-0.25, -0.2) is 0 Å². The predicted octanol–water partition coefficient (Wildman–Crippen LogP) is 3.41. The molecule has 1 rings (SSSR count). The zero-order valence-corrected chi connectivity index (χ0v) is 11.2. The van der Waals surface area contributed by atoms with Crippen LogP contribution in [0.5, 0.6) is 5.75 Å². The molecule has 0 aliphatic rings. The third-order valence-corrected chi connectivity index (χ3v) is 2.75. The van der Waals surface area contributed by atoms with Gasteiger partial charge in [0.2, 0.25) is 0 Å². The molecule has 0 unspecified atom stereocenters. The van der Waals surface area contributed by atoms with Crippen LogP contribution in [0, 0.1) is 0 Å². The average molecular weight is 235 g/mol. The molecule has 0 spiro atoms. The lowest BCUT2D eigenvalue weighted by molar-refractivity contribution is 0.336. The van der Waals surface area contributed by atoms with Crippen LogP contribution in [0.3, 0.4) is 0 Å². The molecule has 0 fully saturated rings. The summed E-state index contributed by atoms with van der Waals surface area (Å²) in [5, 5.41) is 3.43. The first kappa shape index (κ1) is 14.0. The van der Waals surface area contributed by atoms with Gasteiger partial charge in [-0.1, -0.05) is 25.1 Å². The van der Waals surface area contributed by atoms with E-state index < -0.39 is 0 Å². The van der Waals surface area contributed by atoms with Gasteiger partial charge in [-0.05, 0) is 57.3 Å². The average Bonchev–Trinajstić information content (AvgIpc) is 2.36. The van der Waals surface area contributed by atoms with E-state index in [0.717, 1.165) is 31.9 Å². The zero-order chi connectivity index (χ0) is 12.3. The van der Waals surface area contributed by atoms with Crippen molar-refractivity contribution in [3.8, 4) is 5.75 Å². The molecule has 0 radical (unpaired) electrons. The van der Waals surface area contributed by atoms with E-state index in [2.05, 4.69) is 30.4 Å². The van der Waals surface area contributed by atoms with Crippen LogP contribution in [0.1, 0.15) is 38.7 Å². The smallest absolute Gasteiger partial charge is 0.122 e. The summed E-state index contributed by atoms with van der Waals surface area (Å²) in [6.45, 7) is 7.24. The molecule has 0 saturated carbocycles. The summed E-state index contributed by atoms with van der Waals surface area (Å²) in [5.41, 5.74) is 1.34. The van der Waals surface area contributed by atoms with E-state index in [1.54, 1.807) is 0 Å². The maximum atomic E-state index is 5.62. The van der Waals surface area contributed by atoms with Crippen molar-refractivity contribution < 1.29 is 4.74 Å². The summed E-state index contributed by atoms with van der Waals surface area (Å²) in [6, 6.07) is 8.36. The van der Waals surface area contributed by atoms with Gasteiger partial charge in [0.15, 0.2) is 0 Å². The zero-order valence-electron chi connectivity index (χ0n) is 11.2. The van der Waals surface area contributed by atoms with E-state index in [1.807, 2.05) is 13.0 Å². The normalized spacial score (nSPS) is 10.5. The van der Waals surface area contributed by atoms with Crippen LogP contribution < -0.4 is 10.1 Å². The third-order valence-electron chi connectivity index (χ3n) is 2.75. The molecule has 2 nitrogen and oxygen atoms in total. The summed E-state index contributed by atoms with van der Waals surface area (Å²) < 4.78 is 5.62. The van der Waals surface area contributed by atoms with E-state index in [-0.39, 0.29) is 0 Å². The minimum Gasteiger partial charge on any atom is -0.494 e. The Kier molecular flexibility index (Phi) is 7.48. The predicted molar refractivity (Wildman–Crippen MR) is 73.7 cm³/mol. The van der Waals surface area contributed by atoms with E-state index >= 15 is 0 Å². The maximum absolute atomic E-state index is 5.62. The van der Waals surface area contributed by atoms with Crippen molar-refractivity contribution in [2.24, 2.45) is 0 Å². The number of unbranched alkanes of at least 4 members (excludes halogenated alkanes) is 1. The number of para-hydroxylation sites is 1. The van der Waals surface area contributed by atoms with Crippen LogP contribution in [0.2, 0.25) is 0 Å². The Balaban J connectivity index is 2.25. The summed E-state index contributed by atoms with van der Waals surface area (Å²) in [5.74, 6) is 1.05. The molecule has 0 bridgehead atoms. The molecular formula is C15H25NO. The molecule has 0 saturated heterocycles. The molecule has 0 amide bonds. The molecule has 0 atom stereocenters. The second-order valence-electron chi connectivity index (χ2n) is 4.25. The van der Waals surface area contributed by atoms with Gasteiger partial charge in [0.1, 0.15) is 5.75 Å². The first-order valence-electron chi connectivity index (χ1n) is 6.80. The van der Waals surface area contributed by atoms with Gasteiger partial charge in [0.05, 0.1) is 6.61 Å². The van der Waals surface area contributed by atoms with Gasteiger partial charge in [-0.3, -0.25) is 0 Å². The quantitative estimate of drug-likeness (QED) is 0.662. The molecule has 0 heterocycles. The van der Waals surface area contributed by atoms with Crippen molar-refractivity contribution in [3.05, 3.63) is 29.8 Å². The molecule has 1 N–H and O–H groups in total. The second kappa shape index (κ2) is 9.06. The highest BCUT2D eigenvalue weighted by molar-refractivity contribution is 5.33. The molecule has 2 heteroatoms. The first-order valence-corrected chi connectivity index (χ1v) is 6.80. The number of nitrogens with one attached hydrogen (secondary N) is 1. The summed E-state index contributed by atoms with van der Waals surface area (Å²) in [6.07, 6.45) is 4.79. The van der Waals surface area contributed by atoms with E-state index in [9.17, 15) is 0 Å². The third kappa shape index (κ3) is 5.73. The minimum absolute atomic E-state index is 0.745. The number of ether oxygens (including phenoxy) is 1. The van der Waals surface area contributed by atoms with Crippen molar-refractivity contribution in [1.82, 2.24) is 5.32 Å². The van der Waals surface area contributed by atoms with Crippen LogP contribution in [0.4, 0.5) is 0 Å². The molecular weight excluding hydrogens is 210 g/mol. The molecule has 1 aromatic rings. The number of aryl methyl sites for hydroxylation is 1. The van der Waals surface area contributed by atoms with E-state index in [4.69, 9.17) is 4.74 Å². The monoisotopic (exact) mass is 235 g/mol. The maximum Gasteiger partial charge on any atom is 0.122 e. The van der Waals surface area contributed by atoms with Gasteiger partial charge in [0.25, 0.3) is 0 Å². The summed E-state index contributed by atoms with van der Waals surface area (Å²) in [4.78, 5) is 0. The first-order chi connectivity index (χ1) is 8.38. The highest BCUT2D eigenvalue weighted by Gasteiger charge is 2.01. The standard InChI is InChI=1S/C15H25NO/c1-3-12-16-13-8-7-10-14-9-5-6-11-15(14)17-4-2/h5-6,9,11,16H,3-4,7-8,10,12-13H2,1-2H3. The summed E-state index contributed by atoms with van der Waals surface area (Å²) in [7, 11) is 0. The Morgan fingerprint density at radius 1 is 1.06 bits per heavy atom. The molecule has 96 valence electrons. The van der Waals surface area contributed by atoms with Crippen LogP contribution in [-0.2, 0) is 6.42 Å². The van der Waals surface area contributed by atoms with Crippen LogP contribution in [0.25, 0.3) is 0 Å². The minimum atomic E-state index is 0.745. The van der Waals surface area contributed by atoms with Gasteiger partial charge in [0, 0.05) is 0 Å². The molecule has 1 aromatic carbocycles. The van der Waals surface area contributed by atoms with Crippen molar-refractivity contribution >= 4 is 0 Å². The van der Waals surface area contributed by atoms with E-state index in [0.29, 0.717) is 0 Å². The number of rotatable bonds is 9. The van der Waals surface area contributed by atoms with E-state index in [1.165, 1.54) is 24.8 Å². The highest BCUT2D eigenvalue weighted by atomic mass is 16.5. The largest absolute Gasteiger partial charge is 0.494 e. The molecule has 17 heavy (non-hydrogen) atoms. The second-order valence-corrected chi connectivity index (χ2v) is 4.25. The Morgan fingerprint density at radius 2 is 1.88 bits per heavy atom. The van der Waals surface area contributed by atoms with Crippen LogP contribution in [-0.4, -0.2) is 19.7 Å². The SMILES string of the molecule is CCCNCCCCc1ccccc1OCC.